The Morgan fingerprint density at radius 2 is 1.69 bits per heavy atom. The maximum absolute atomic E-state index is 14.2. The number of rotatable bonds is 5. The Kier molecular flexibility index (Phi) is 5.92. The summed E-state index contributed by atoms with van der Waals surface area (Å²) in [5, 5.41) is 3.56. The minimum Gasteiger partial charge on any atom is -0.598 e. The first-order valence-electron chi connectivity index (χ1n) is 9.21. The summed E-state index contributed by atoms with van der Waals surface area (Å²) in [5.41, 5.74) is 0.123. The lowest BCUT2D eigenvalue weighted by atomic mass is 9.83. The Morgan fingerprint density at radius 3 is 2.27 bits per heavy atom. The third-order valence-corrected chi connectivity index (χ3v) is 7.05. The van der Waals surface area contributed by atoms with Crippen molar-refractivity contribution in [1.29, 1.82) is 0 Å². The molecular formula is C19H27F3N2OS. The quantitative estimate of drug-likeness (QED) is 0.599. The van der Waals surface area contributed by atoms with Gasteiger partial charge in [0.2, 0.25) is 0 Å². The molecule has 7 heteroatoms. The number of nitrogens with one attached hydrogen (secondary N) is 2. The van der Waals surface area contributed by atoms with Crippen LogP contribution in [0.15, 0.2) is 12.1 Å². The second kappa shape index (κ2) is 7.70. The van der Waals surface area contributed by atoms with Crippen LogP contribution in [-0.2, 0) is 17.8 Å². The Hall–Kier alpha value is -0.760. The predicted molar refractivity (Wildman–Crippen MR) is 97.5 cm³/mol. The van der Waals surface area contributed by atoms with Crippen LogP contribution in [0.25, 0.3) is 0 Å². The summed E-state index contributed by atoms with van der Waals surface area (Å²) in [6.45, 7) is 5.62. The van der Waals surface area contributed by atoms with Gasteiger partial charge in [-0.3, -0.25) is 0 Å². The summed E-state index contributed by atoms with van der Waals surface area (Å²) in [6, 6.07) is 2.13. The van der Waals surface area contributed by atoms with Crippen molar-refractivity contribution in [3.05, 3.63) is 35.1 Å². The molecule has 0 saturated carbocycles. The normalized spacial score (nSPS) is 28.2. The second-order valence-corrected chi connectivity index (χ2v) is 10.5. The first-order valence-corrected chi connectivity index (χ1v) is 10.4. The summed E-state index contributed by atoms with van der Waals surface area (Å²) in [7, 11) is 0. The van der Waals surface area contributed by atoms with Crippen molar-refractivity contribution in [2.24, 2.45) is 5.92 Å². The molecule has 5 atom stereocenters. The molecule has 0 radical (unpaired) electrons. The van der Waals surface area contributed by atoms with Crippen LogP contribution in [0.3, 0.4) is 0 Å². The smallest absolute Gasteiger partial charge is 0.161 e. The fraction of sp³-hybridized carbons (Fsp3) is 0.684. The molecule has 2 aliphatic heterocycles. The van der Waals surface area contributed by atoms with Gasteiger partial charge in [0.1, 0.15) is 10.6 Å². The monoisotopic (exact) mass is 388 g/mol. The van der Waals surface area contributed by atoms with Gasteiger partial charge in [0.05, 0.1) is 6.04 Å². The van der Waals surface area contributed by atoms with Crippen LogP contribution >= 0.6 is 0 Å². The highest BCUT2D eigenvalue weighted by Crippen LogP contribution is 2.34. The molecule has 2 heterocycles. The molecule has 3 nitrogen and oxygen atoms in total. The molecule has 2 saturated heterocycles. The lowest BCUT2D eigenvalue weighted by Crippen LogP contribution is -2.52. The number of benzene rings is 1. The summed E-state index contributed by atoms with van der Waals surface area (Å²) in [4.78, 5) is 0. The van der Waals surface area contributed by atoms with Crippen molar-refractivity contribution in [3.63, 3.8) is 0 Å². The third kappa shape index (κ3) is 4.55. The molecule has 2 fully saturated rings. The molecule has 2 N–H and O–H groups in total. The van der Waals surface area contributed by atoms with Crippen LogP contribution in [0.5, 0.6) is 0 Å². The summed E-state index contributed by atoms with van der Waals surface area (Å²) >= 11 is -1.32. The van der Waals surface area contributed by atoms with Crippen molar-refractivity contribution >= 4 is 11.4 Å². The topological polar surface area (TPSA) is 47.1 Å². The SMILES string of the molecule is CC(C)(C)[S+]([O-])N[C@H](Cc1cc(F)c(F)cc1F)[C@@H]1C[C@H]2CC[C@@H](C1)N2. The number of halogens is 3. The molecule has 2 bridgehead atoms. The van der Waals surface area contributed by atoms with E-state index in [1.165, 1.54) is 0 Å². The second-order valence-electron chi connectivity index (χ2n) is 8.54. The number of hydrogen-bond donors (Lipinski definition) is 2. The molecule has 1 aromatic rings. The van der Waals surface area contributed by atoms with E-state index in [1.54, 1.807) is 0 Å². The molecule has 3 rings (SSSR count). The van der Waals surface area contributed by atoms with E-state index in [9.17, 15) is 17.7 Å². The van der Waals surface area contributed by atoms with E-state index in [2.05, 4.69) is 10.0 Å². The van der Waals surface area contributed by atoms with Crippen molar-refractivity contribution in [2.45, 2.75) is 75.7 Å². The molecule has 0 aliphatic carbocycles. The summed E-state index contributed by atoms with van der Waals surface area (Å²) in [6.07, 6.45) is 4.27. The number of fused-ring (bicyclic) bond motifs is 2. The van der Waals surface area contributed by atoms with Crippen molar-refractivity contribution in [3.8, 4) is 0 Å². The predicted octanol–water partition coefficient (Wildman–Crippen LogP) is 3.60. The van der Waals surface area contributed by atoms with Crippen molar-refractivity contribution in [1.82, 2.24) is 10.0 Å². The van der Waals surface area contributed by atoms with Gasteiger partial charge in [-0.15, -0.1) is 4.72 Å². The van der Waals surface area contributed by atoms with E-state index in [4.69, 9.17) is 0 Å². The van der Waals surface area contributed by atoms with Gasteiger partial charge in [-0.05, 0) is 70.4 Å². The zero-order chi connectivity index (χ0) is 19.1. The Balaban J connectivity index is 1.82. The molecule has 0 spiro atoms. The molecule has 2 aliphatic rings. The van der Waals surface area contributed by atoms with Crippen LogP contribution < -0.4 is 10.0 Å². The summed E-state index contributed by atoms with van der Waals surface area (Å²) in [5.74, 6) is -2.78. The zero-order valence-electron chi connectivity index (χ0n) is 15.5. The largest absolute Gasteiger partial charge is 0.598 e. The highest BCUT2D eigenvalue weighted by atomic mass is 32.2. The standard InChI is InChI=1S/C19H27F3N2OS/c1-19(2,3)26(25)24-18(12-6-13-4-5-14(7-12)23-13)9-11-8-16(21)17(22)10-15(11)20/h8,10,12-14,18,23-24H,4-7,9H2,1-3H3/t12-,13-,14+,18-,26?/m1/s1. The molecule has 146 valence electrons. The molecule has 26 heavy (non-hydrogen) atoms. The highest BCUT2D eigenvalue weighted by molar-refractivity contribution is 7.90. The van der Waals surface area contributed by atoms with Gasteiger partial charge in [-0.25, -0.2) is 13.2 Å². The van der Waals surface area contributed by atoms with Gasteiger partial charge >= 0.3 is 0 Å². The fourth-order valence-corrected chi connectivity index (χ4v) is 4.91. The minimum absolute atomic E-state index is 0.123. The van der Waals surface area contributed by atoms with Crippen LogP contribution in [0.2, 0.25) is 0 Å². The Labute approximate surface area is 156 Å². The molecule has 0 aromatic heterocycles. The lowest BCUT2D eigenvalue weighted by molar-refractivity contribution is 0.247. The zero-order valence-corrected chi connectivity index (χ0v) is 16.3. The first-order chi connectivity index (χ1) is 12.1. The Morgan fingerprint density at radius 1 is 1.12 bits per heavy atom. The number of hydrogen-bond acceptors (Lipinski definition) is 3. The van der Waals surface area contributed by atoms with E-state index < -0.39 is 33.6 Å². The number of piperidine rings is 1. The van der Waals surface area contributed by atoms with Gasteiger partial charge in [0.15, 0.2) is 11.6 Å². The van der Waals surface area contributed by atoms with Crippen LogP contribution in [0, 0.1) is 23.4 Å². The van der Waals surface area contributed by atoms with E-state index in [-0.39, 0.29) is 23.9 Å². The van der Waals surface area contributed by atoms with Gasteiger partial charge in [-0.2, -0.15) is 0 Å². The minimum atomic E-state index is -1.32. The van der Waals surface area contributed by atoms with E-state index in [0.29, 0.717) is 18.2 Å². The van der Waals surface area contributed by atoms with Gasteiger partial charge in [0, 0.05) is 29.5 Å². The van der Waals surface area contributed by atoms with E-state index in [0.717, 1.165) is 31.7 Å². The van der Waals surface area contributed by atoms with Gasteiger partial charge in [0.25, 0.3) is 0 Å². The average Bonchev–Trinajstić information content (AvgIpc) is 2.88. The van der Waals surface area contributed by atoms with Crippen molar-refractivity contribution in [2.75, 3.05) is 0 Å². The lowest BCUT2D eigenvalue weighted by Gasteiger charge is -2.37. The van der Waals surface area contributed by atoms with E-state index >= 15 is 0 Å². The summed E-state index contributed by atoms with van der Waals surface area (Å²) < 4.78 is 56.4. The molecule has 0 amide bonds. The van der Waals surface area contributed by atoms with Crippen LogP contribution in [0.1, 0.15) is 52.0 Å². The van der Waals surface area contributed by atoms with Crippen LogP contribution in [-0.4, -0.2) is 27.4 Å². The first kappa shape index (κ1) is 20.0. The van der Waals surface area contributed by atoms with Gasteiger partial charge < -0.3 is 9.87 Å². The maximum Gasteiger partial charge on any atom is 0.161 e. The van der Waals surface area contributed by atoms with Crippen LogP contribution in [0.4, 0.5) is 13.2 Å². The highest BCUT2D eigenvalue weighted by Gasteiger charge is 2.40. The molecule has 1 unspecified atom stereocenters. The van der Waals surface area contributed by atoms with E-state index in [1.807, 2.05) is 20.8 Å². The average molecular weight is 388 g/mol. The molecular weight excluding hydrogens is 361 g/mol. The maximum atomic E-state index is 14.2. The van der Waals surface area contributed by atoms with Gasteiger partial charge in [-0.1, -0.05) is 0 Å². The Bertz CT molecular complexity index is 640. The fourth-order valence-electron chi connectivity index (χ4n) is 4.01. The van der Waals surface area contributed by atoms with Crippen molar-refractivity contribution < 1.29 is 17.7 Å². The third-order valence-electron chi connectivity index (χ3n) is 5.42. The molecule has 1 aromatic carbocycles.